The van der Waals surface area contributed by atoms with E-state index in [4.69, 9.17) is 9.47 Å². The molecule has 3 rings (SSSR count). The number of methoxy groups -OCH3 is 1. The highest BCUT2D eigenvalue weighted by atomic mass is 16.5. The van der Waals surface area contributed by atoms with Gasteiger partial charge in [-0.1, -0.05) is 30.3 Å². The van der Waals surface area contributed by atoms with Crippen LogP contribution in [-0.4, -0.2) is 18.8 Å². The maximum Gasteiger partial charge on any atom is 0.125 e. The average Bonchev–Trinajstić information content (AvgIpc) is 2.51. The molecular formula is C17H18O3. The molecule has 104 valence electrons. The van der Waals surface area contributed by atoms with Gasteiger partial charge in [0.2, 0.25) is 0 Å². The van der Waals surface area contributed by atoms with Crippen LogP contribution >= 0.6 is 0 Å². The molecule has 0 bridgehead atoms. The largest absolute Gasteiger partial charge is 0.497 e. The molecule has 2 aromatic carbocycles. The summed E-state index contributed by atoms with van der Waals surface area (Å²) in [4.78, 5) is 0. The number of fused-ring (bicyclic) bond motifs is 1. The summed E-state index contributed by atoms with van der Waals surface area (Å²) in [5.41, 5.74) is 2.06. The third kappa shape index (κ3) is 2.49. The molecule has 3 heteroatoms. The van der Waals surface area contributed by atoms with Crippen LogP contribution in [0.3, 0.4) is 0 Å². The van der Waals surface area contributed by atoms with Crippen molar-refractivity contribution in [1.29, 1.82) is 0 Å². The SMILES string of the molecule is COc1ccc(CC2COc3ccccc3C2O)cc1. The molecule has 0 fully saturated rings. The predicted octanol–water partition coefficient (Wildman–Crippen LogP) is 2.98. The van der Waals surface area contributed by atoms with E-state index >= 15 is 0 Å². The first-order valence-electron chi connectivity index (χ1n) is 6.80. The molecule has 0 aromatic heterocycles. The molecule has 0 spiro atoms. The predicted molar refractivity (Wildman–Crippen MR) is 77.1 cm³/mol. The Labute approximate surface area is 118 Å². The lowest BCUT2D eigenvalue weighted by Crippen LogP contribution is -2.27. The minimum absolute atomic E-state index is 0.0818. The van der Waals surface area contributed by atoms with Gasteiger partial charge in [0.15, 0.2) is 0 Å². The van der Waals surface area contributed by atoms with Gasteiger partial charge in [-0.2, -0.15) is 0 Å². The molecule has 0 aliphatic carbocycles. The van der Waals surface area contributed by atoms with Gasteiger partial charge in [0.1, 0.15) is 11.5 Å². The molecular weight excluding hydrogens is 252 g/mol. The fourth-order valence-electron chi connectivity index (χ4n) is 2.63. The molecule has 2 aromatic rings. The van der Waals surface area contributed by atoms with Crippen molar-refractivity contribution in [3.63, 3.8) is 0 Å². The van der Waals surface area contributed by atoms with Crippen molar-refractivity contribution in [3.05, 3.63) is 59.7 Å². The van der Waals surface area contributed by atoms with Crippen molar-refractivity contribution in [2.75, 3.05) is 13.7 Å². The van der Waals surface area contributed by atoms with Gasteiger partial charge in [-0.05, 0) is 30.2 Å². The Morgan fingerprint density at radius 2 is 1.90 bits per heavy atom. The molecule has 0 saturated heterocycles. The molecule has 2 unspecified atom stereocenters. The van der Waals surface area contributed by atoms with Crippen molar-refractivity contribution in [1.82, 2.24) is 0 Å². The summed E-state index contributed by atoms with van der Waals surface area (Å²) in [5.74, 6) is 1.73. The number of aliphatic hydroxyl groups is 1. The summed E-state index contributed by atoms with van der Waals surface area (Å²) in [6.07, 6.45) is 0.321. The van der Waals surface area contributed by atoms with Crippen LogP contribution < -0.4 is 9.47 Å². The van der Waals surface area contributed by atoms with Crippen LogP contribution in [0.5, 0.6) is 11.5 Å². The van der Waals surface area contributed by atoms with E-state index in [0.29, 0.717) is 6.61 Å². The lowest BCUT2D eigenvalue weighted by Gasteiger charge is -2.30. The van der Waals surface area contributed by atoms with Crippen LogP contribution in [0, 0.1) is 5.92 Å². The number of benzene rings is 2. The van der Waals surface area contributed by atoms with Crippen LogP contribution in [0.25, 0.3) is 0 Å². The number of hydrogen-bond donors (Lipinski definition) is 1. The Morgan fingerprint density at radius 3 is 2.65 bits per heavy atom. The Hall–Kier alpha value is -2.00. The van der Waals surface area contributed by atoms with Crippen molar-refractivity contribution < 1.29 is 14.6 Å². The highest BCUT2D eigenvalue weighted by molar-refractivity contribution is 5.37. The monoisotopic (exact) mass is 270 g/mol. The molecule has 0 radical (unpaired) electrons. The number of ether oxygens (including phenoxy) is 2. The maximum absolute atomic E-state index is 10.5. The van der Waals surface area contributed by atoms with Gasteiger partial charge in [0.25, 0.3) is 0 Å². The molecule has 2 atom stereocenters. The topological polar surface area (TPSA) is 38.7 Å². The number of rotatable bonds is 3. The van der Waals surface area contributed by atoms with Gasteiger partial charge in [-0.15, -0.1) is 0 Å². The normalized spacial score (nSPS) is 20.9. The Bertz CT molecular complexity index is 577. The Balaban J connectivity index is 1.75. The zero-order valence-corrected chi connectivity index (χ0v) is 11.5. The molecule has 1 aliphatic rings. The van der Waals surface area contributed by atoms with E-state index in [1.807, 2.05) is 48.5 Å². The van der Waals surface area contributed by atoms with Gasteiger partial charge < -0.3 is 14.6 Å². The number of para-hydroxylation sites is 1. The second-order valence-electron chi connectivity index (χ2n) is 5.11. The summed E-state index contributed by atoms with van der Waals surface area (Å²) < 4.78 is 10.9. The molecule has 3 nitrogen and oxygen atoms in total. The molecule has 1 aliphatic heterocycles. The quantitative estimate of drug-likeness (QED) is 0.932. The van der Waals surface area contributed by atoms with Crippen LogP contribution in [0.2, 0.25) is 0 Å². The van der Waals surface area contributed by atoms with Gasteiger partial charge in [-0.3, -0.25) is 0 Å². The number of hydrogen-bond acceptors (Lipinski definition) is 3. The fourth-order valence-corrected chi connectivity index (χ4v) is 2.63. The summed E-state index contributed by atoms with van der Waals surface area (Å²) in [6, 6.07) is 15.6. The van der Waals surface area contributed by atoms with E-state index < -0.39 is 6.10 Å². The van der Waals surface area contributed by atoms with Crippen LogP contribution in [0.15, 0.2) is 48.5 Å². The summed E-state index contributed by atoms with van der Waals surface area (Å²) >= 11 is 0. The van der Waals surface area contributed by atoms with Gasteiger partial charge in [-0.25, -0.2) is 0 Å². The summed E-state index contributed by atoms with van der Waals surface area (Å²) in [6.45, 7) is 0.546. The van der Waals surface area contributed by atoms with E-state index in [1.54, 1.807) is 7.11 Å². The Morgan fingerprint density at radius 1 is 1.15 bits per heavy atom. The third-order valence-corrected chi connectivity index (χ3v) is 3.79. The second kappa shape index (κ2) is 5.55. The standard InChI is InChI=1S/C17H18O3/c1-19-14-8-6-12(7-9-14)10-13-11-20-16-5-3-2-4-15(16)17(13)18/h2-9,13,17-18H,10-11H2,1H3. The molecule has 0 saturated carbocycles. The summed E-state index contributed by atoms with van der Waals surface area (Å²) in [5, 5.41) is 10.5. The zero-order valence-electron chi connectivity index (χ0n) is 11.5. The summed E-state index contributed by atoms with van der Waals surface area (Å²) in [7, 11) is 1.66. The van der Waals surface area contributed by atoms with Crippen molar-refractivity contribution in [2.45, 2.75) is 12.5 Å². The van der Waals surface area contributed by atoms with Crippen LogP contribution in [0.1, 0.15) is 17.2 Å². The maximum atomic E-state index is 10.5. The number of aliphatic hydroxyl groups excluding tert-OH is 1. The first kappa shape index (κ1) is 13.0. The van der Waals surface area contributed by atoms with E-state index in [0.717, 1.165) is 23.5 Å². The lowest BCUT2D eigenvalue weighted by molar-refractivity contribution is 0.0508. The molecule has 0 amide bonds. The van der Waals surface area contributed by atoms with Gasteiger partial charge in [0, 0.05) is 11.5 Å². The first-order valence-corrected chi connectivity index (χ1v) is 6.80. The van der Waals surface area contributed by atoms with E-state index in [-0.39, 0.29) is 5.92 Å². The van der Waals surface area contributed by atoms with Crippen molar-refractivity contribution >= 4 is 0 Å². The molecule has 1 heterocycles. The van der Waals surface area contributed by atoms with E-state index in [9.17, 15) is 5.11 Å². The highest BCUT2D eigenvalue weighted by Crippen LogP contribution is 2.36. The first-order chi connectivity index (χ1) is 9.78. The van der Waals surface area contributed by atoms with Crippen LogP contribution in [0.4, 0.5) is 0 Å². The minimum Gasteiger partial charge on any atom is -0.497 e. The molecule has 1 N–H and O–H groups in total. The van der Waals surface area contributed by atoms with Crippen molar-refractivity contribution in [2.24, 2.45) is 5.92 Å². The third-order valence-electron chi connectivity index (χ3n) is 3.79. The average molecular weight is 270 g/mol. The Kier molecular flexibility index (Phi) is 3.61. The van der Waals surface area contributed by atoms with Gasteiger partial charge in [0.05, 0.1) is 19.8 Å². The second-order valence-corrected chi connectivity index (χ2v) is 5.11. The van der Waals surface area contributed by atoms with Crippen LogP contribution in [-0.2, 0) is 6.42 Å². The van der Waals surface area contributed by atoms with E-state index in [1.165, 1.54) is 5.56 Å². The highest BCUT2D eigenvalue weighted by Gasteiger charge is 2.29. The van der Waals surface area contributed by atoms with Gasteiger partial charge >= 0.3 is 0 Å². The molecule has 20 heavy (non-hydrogen) atoms. The minimum atomic E-state index is -0.470. The smallest absolute Gasteiger partial charge is 0.125 e. The fraction of sp³-hybridized carbons (Fsp3) is 0.294. The zero-order chi connectivity index (χ0) is 13.9. The van der Waals surface area contributed by atoms with E-state index in [2.05, 4.69) is 0 Å². The lowest BCUT2D eigenvalue weighted by atomic mass is 9.88. The van der Waals surface area contributed by atoms with Crippen molar-refractivity contribution in [3.8, 4) is 11.5 Å².